The summed E-state index contributed by atoms with van der Waals surface area (Å²) in [5.41, 5.74) is 3.57. The zero-order chi connectivity index (χ0) is 24.7. The zero-order valence-corrected chi connectivity index (χ0v) is 21.2. The Kier molecular flexibility index (Phi) is 8.74. The molecule has 9 nitrogen and oxygen atoms in total. The van der Waals surface area contributed by atoms with Crippen molar-refractivity contribution in [3.05, 3.63) is 57.7 Å². The molecule has 2 aromatic rings. The molecule has 3 rings (SSSR count). The number of benzene rings is 2. The van der Waals surface area contributed by atoms with E-state index in [1.54, 1.807) is 37.5 Å². The molecule has 1 heterocycles. The van der Waals surface area contributed by atoms with Crippen molar-refractivity contribution in [3.8, 4) is 23.0 Å². The van der Waals surface area contributed by atoms with Gasteiger partial charge < -0.3 is 24.3 Å². The summed E-state index contributed by atoms with van der Waals surface area (Å²) in [7, 11) is 1.55. The van der Waals surface area contributed by atoms with Gasteiger partial charge in [-0.2, -0.15) is 5.10 Å². The standard InChI is InChI=1S/C24H26IN3O6/c1-5-8-32-22-17(25)9-15(10-20(22)31-4)12-26-28-24(30)21(14(2)3)27-23(29)16-6-7-18-19(11-16)34-13-33-18/h5-7,9-12,14,21H,1,8,13H2,2-4H3,(H,27,29)(H,28,30). The molecule has 1 aliphatic heterocycles. The van der Waals surface area contributed by atoms with E-state index in [9.17, 15) is 9.59 Å². The number of carbonyl (C=O) groups is 2. The number of fused-ring (bicyclic) bond motifs is 1. The number of nitrogens with one attached hydrogen (secondary N) is 2. The molecule has 0 bridgehead atoms. The van der Waals surface area contributed by atoms with Gasteiger partial charge in [-0.25, -0.2) is 5.43 Å². The van der Waals surface area contributed by atoms with Crippen LogP contribution in [0.4, 0.5) is 0 Å². The summed E-state index contributed by atoms with van der Waals surface area (Å²) >= 11 is 2.14. The molecule has 0 saturated heterocycles. The Morgan fingerprint density at radius 2 is 2.00 bits per heavy atom. The van der Waals surface area contributed by atoms with Crippen molar-refractivity contribution in [2.24, 2.45) is 11.0 Å². The van der Waals surface area contributed by atoms with Crippen LogP contribution >= 0.6 is 22.6 Å². The van der Waals surface area contributed by atoms with Gasteiger partial charge in [0, 0.05) is 5.56 Å². The second-order valence-electron chi connectivity index (χ2n) is 7.63. The van der Waals surface area contributed by atoms with Crippen LogP contribution in [0.25, 0.3) is 0 Å². The van der Waals surface area contributed by atoms with Crippen molar-refractivity contribution in [1.82, 2.24) is 10.7 Å². The number of nitrogens with zero attached hydrogens (tertiary/aromatic N) is 1. The maximum Gasteiger partial charge on any atom is 0.262 e. The highest BCUT2D eigenvalue weighted by Crippen LogP contribution is 2.34. The molecule has 0 saturated carbocycles. The van der Waals surface area contributed by atoms with Crippen LogP contribution in [0.3, 0.4) is 0 Å². The third-order valence-electron chi connectivity index (χ3n) is 4.86. The number of rotatable bonds is 10. The van der Waals surface area contributed by atoms with Crippen LogP contribution in [0, 0.1) is 9.49 Å². The molecule has 2 aromatic carbocycles. The molecular formula is C24H26IN3O6. The smallest absolute Gasteiger partial charge is 0.262 e. The number of amides is 2. The first kappa shape index (κ1) is 25.3. The van der Waals surface area contributed by atoms with Gasteiger partial charge in [-0.1, -0.05) is 26.5 Å². The highest BCUT2D eigenvalue weighted by molar-refractivity contribution is 14.1. The number of hydrogen-bond acceptors (Lipinski definition) is 7. The predicted molar refractivity (Wildman–Crippen MR) is 136 cm³/mol. The minimum atomic E-state index is -0.792. The Balaban J connectivity index is 1.66. The molecule has 180 valence electrons. The second kappa shape index (κ2) is 11.7. The summed E-state index contributed by atoms with van der Waals surface area (Å²) in [4.78, 5) is 25.5. The van der Waals surface area contributed by atoms with E-state index >= 15 is 0 Å². The molecule has 0 radical (unpaired) electrons. The highest BCUT2D eigenvalue weighted by Gasteiger charge is 2.25. The second-order valence-corrected chi connectivity index (χ2v) is 8.79. The lowest BCUT2D eigenvalue weighted by Crippen LogP contribution is -2.48. The first-order valence-electron chi connectivity index (χ1n) is 10.5. The van der Waals surface area contributed by atoms with Gasteiger partial charge in [-0.3, -0.25) is 9.59 Å². The van der Waals surface area contributed by atoms with Gasteiger partial charge in [0.15, 0.2) is 23.0 Å². The number of methoxy groups -OCH3 is 1. The van der Waals surface area contributed by atoms with Crippen LogP contribution in [0.2, 0.25) is 0 Å². The normalized spacial score (nSPS) is 13.0. The molecule has 0 spiro atoms. The van der Waals surface area contributed by atoms with E-state index in [-0.39, 0.29) is 12.7 Å². The van der Waals surface area contributed by atoms with E-state index in [1.165, 1.54) is 6.21 Å². The van der Waals surface area contributed by atoms with E-state index in [1.807, 2.05) is 19.9 Å². The first-order chi connectivity index (χ1) is 16.3. The van der Waals surface area contributed by atoms with Gasteiger partial charge in [0.05, 0.1) is 16.9 Å². The summed E-state index contributed by atoms with van der Waals surface area (Å²) < 4.78 is 22.4. The van der Waals surface area contributed by atoms with Crippen molar-refractivity contribution < 1.29 is 28.5 Å². The van der Waals surface area contributed by atoms with Crippen molar-refractivity contribution in [2.45, 2.75) is 19.9 Å². The van der Waals surface area contributed by atoms with Gasteiger partial charge in [0.25, 0.3) is 11.8 Å². The van der Waals surface area contributed by atoms with E-state index in [0.717, 1.165) is 3.57 Å². The highest BCUT2D eigenvalue weighted by atomic mass is 127. The van der Waals surface area contributed by atoms with Gasteiger partial charge in [-0.05, 0) is 64.4 Å². The zero-order valence-electron chi connectivity index (χ0n) is 19.1. The molecule has 10 heteroatoms. The Labute approximate surface area is 211 Å². The summed E-state index contributed by atoms with van der Waals surface area (Å²) in [6.07, 6.45) is 3.15. The summed E-state index contributed by atoms with van der Waals surface area (Å²) in [6.45, 7) is 7.78. The molecule has 1 aliphatic rings. The maximum atomic E-state index is 12.8. The Bertz CT molecular complexity index is 1100. The Morgan fingerprint density at radius 3 is 2.71 bits per heavy atom. The van der Waals surface area contributed by atoms with Gasteiger partial charge in [0.2, 0.25) is 6.79 Å². The summed E-state index contributed by atoms with van der Waals surface area (Å²) in [6, 6.07) is 7.67. The number of halogens is 1. The van der Waals surface area contributed by atoms with Gasteiger partial charge in [0.1, 0.15) is 12.6 Å². The van der Waals surface area contributed by atoms with Gasteiger partial charge >= 0.3 is 0 Å². The first-order valence-corrected chi connectivity index (χ1v) is 11.6. The van der Waals surface area contributed by atoms with Crippen LogP contribution in [0.5, 0.6) is 23.0 Å². The van der Waals surface area contributed by atoms with E-state index < -0.39 is 17.9 Å². The van der Waals surface area contributed by atoms with Crippen LogP contribution in [-0.4, -0.2) is 44.6 Å². The predicted octanol–water partition coefficient (Wildman–Crippen LogP) is 3.50. The van der Waals surface area contributed by atoms with Crippen LogP contribution in [0.15, 0.2) is 48.1 Å². The molecule has 0 aliphatic carbocycles. The van der Waals surface area contributed by atoms with E-state index in [0.29, 0.717) is 40.7 Å². The Morgan fingerprint density at radius 1 is 1.24 bits per heavy atom. The number of carbonyl (C=O) groups excluding carboxylic acids is 2. The number of hydrogen-bond donors (Lipinski definition) is 2. The van der Waals surface area contributed by atoms with Crippen molar-refractivity contribution in [3.63, 3.8) is 0 Å². The number of ether oxygens (including phenoxy) is 4. The fraction of sp³-hybridized carbons (Fsp3) is 0.292. The lowest BCUT2D eigenvalue weighted by atomic mass is 10.0. The van der Waals surface area contributed by atoms with Crippen molar-refractivity contribution in [1.29, 1.82) is 0 Å². The lowest BCUT2D eigenvalue weighted by Gasteiger charge is -2.20. The van der Waals surface area contributed by atoms with Crippen molar-refractivity contribution >= 4 is 40.6 Å². The molecule has 2 amide bonds. The summed E-state index contributed by atoms with van der Waals surface area (Å²) in [5, 5.41) is 6.81. The van der Waals surface area contributed by atoms with Crippen molar-refractivity contribution in [2.75, 3.05) is 20.5 Å². The molecule has 1 unspecified atom stereocenters. The third-order valence-corrected chi connectivity index (χ3v) is 5.66. The molecule has 1 atom stereocenters. The topological polar surface area (TPSA) is 107 Å². The third kappa shape index (κ3) is 6.19. The molecular weight excluding hydrogens is 553 g/mol. The average Bonchev–Trinajstić information content (AvgIpc) is 3.29. The average molecular weight is 579 g/mol. The van der Waals surface area contributed by atoms with Crippen LogP contribution in [-0.2, 0) is 4.79 Å². The lowest BCUT2D eigenvalue weighted by molar-refractivity contribution is -0.123. The minimum Gasteiger partial charge on any atom is -0.493 e. The van der Waals surface area contributed by atoms with E-state index in [2.05, 4.69) is 45.0 Å². The summed E-state index contributed by atoms with van der Waals surface area (Å²) in [5.74, 6) is 1.21. The fourth-order valence-corrected chi connectivity index (χ4v) is 3.92. The van der Waals surface area contributed by atoms with E-state index in [4.69, 9.17) is 18.9 Å². The molecule has 0 fully saturated rings. The Hall–Kier alpha value is -3.28. The van der Waals surface area contributed by atoms with Crippen LogP contribution in [0.1, 0.15) is 29.8 Å². The fourth-order valence-electron chi connectivity index (χ4n) is 3.13. The molecule has 2 N–H and O–H groups in total. The van der Waals surface area contributed by atoms with Crippen LogP contribution < -0.4 is 29.7 Å². The SMILES string of the molecule is C=CCOc1c(I)cc(C=NNC(=O)C(NC(=O)c2ccc3c(c2)OCO3)C(C)C)cc1OC. The maximum absolute atomic E-state index is 12.8. The number of hydrazone groups is 1. The molecule has 34 heavy (non-hydrogen) atoms. The monoisotopic (exact) mass is 579 g/mol. The van der Waals surface area contributed by atoms with Gasteiger partial charge in [-0.15, -0.1) is 0 Å². The minimum absolute atomic E-state index is 0.116. The molecule has 0 aromatic heterocycles. The quantitative estimate of drug-likeness (QED) is 0.193. The largest absolute Gasteiger partial charge is 0.493 e.